The normalized spacial score (nSPS) is 10.4. The van der Waals surface area contributed by atoms with Crippen LogP contribution in [0, 0.1) is 6.92 Å². The Balaban J connectivity index is 2.83. The minimum Gasteiger partial charge on any atom is -0.493 e. The van der Waals surface area contributed by atoms with E-state index in [0.717, 1.165) is 10.8 Å². The van der Waals surface area contributed by atoms with Crippen molar-refractivity contribution in [2.75, 3.05) is 14.2 Å². The van der Waals surface area contributed by atoms with Gasteiger partial charge in [-0.05, 0) is 24.4 Å². The van der Waals surface area contributed by atoms with Crippen LogP contribution in [0.1, 0.15) is 5.56 Å². The molecule has 16 heavy (non-hydrogen) atoms. The van der Waals surface area contributed by atoms with E-state index in [1.54, 1.807) is 33.3 Å². The summed E-state index contributed by atoms with van der Waals surface area (Å²) in [5.74, 6) is 1.21. The highest BCUT2D eigenvalue weighted by Crippen LogP contribution is 2.32. The van der Waals surface area contributed by atoms with Crippen molar-refractivity contribution in [1.82, 2.24) is 0 Å². The molecule has 2 aromatic rings. The van der Waals surface area contributed by atoms with Crippen molar-refractivity contribution in [3.8, 4) is 11.5 Å². The van der Waals surface area contributed by atoms with E-state index < -0.39 is 0 Å². The van der Waals surface area contributed by atoms with E-state index in [2.05, 4.69) is 0 Å². The van der Waals surface area contributed by atoms with Gasteiger partial charge in [0.2, 0.25) is 0 Å². The Bertz CT molecular complexity index is 583. The number of methoxy groups -OCH3 is 2. The molecule has 0 aliphatic heterocycles. The van der Waals surface area contributed by atoms with Gasteiger partial charge in [0.25, 0.3) is 0 Å². The second-order valence-corrected chi connectivity index (χ2v) is 3.44. The molecular weight excluding hydrogens is 208 g/mol. The molecule has 4 nitrogen and oxygen atoms in total. The van der Waals surface area contributed by atoms with E-state index >= 15 is 0 Å². The van der Waals surface area contributed by atoms with Crippen LogP contribution in [0.4, 0.5) is 0 Å². The molecule has 0 saturated carbocycles. The third-order valence-corrected chi connectivity index (χ3v) is 2.56. The smallest absolute Gasteiger partial charge is 0.339 e. The fraction of sp³-hybridized carbons (Fsp3) is 0.250. The summed E-state index contributed by atoms with van der Waals surface area (Å²) < 4.78 is 15.2. The molecule has 0 atom stereocenters. The molecule has 1 heterocycles. The Morgan fingerprint density at radius 3 is 2.38 bits per heavy atom. The third kappa shape index (κ3) is 1.52. The fourth-order valence-corrected chi connectivity index (χ4v) is 1.63. The van der Waals surface area contributed by atoms with Gasteiger partial charge in [-0.2, -0.15) is 0 Å². The summed E-state index contributed by atoms with van der Waals surface area (Å²) in [6.07, 6.45) is 1.42. The monoisotopic (exact) mass is 220 g/mol. The minimum absolute atomic E-state index is 0.334. The maximum atomic E-state index is 11.3. The standard InChI is InChI=1S/C12H12O4/c1-7-9-5-11(15-3)10(14-2)4-8(9)6-16-12(7)13/h4-6H,1-3H3. The summed E-state index contributed by atoms with van der Waals surface area (Å²) >= 11 is 0. The third-order valence-electron chi connectivity index (χ3n) is 2.56. The first-order chi connectivity index (χ1) is 7.67. The second kappa shape index (κ2) is 3.89. The van der Waals surface area contributed by atoms with Crippen LogP contribution in [-0.4, -0.2) is 14.2 Å². The predicted octanol–water partition coefficient (Wildman–Crippen LogP) is 2.12. The molecule has 4 heteroatoms. The van der Waals surface area contributed by atoms with Gasteiger partial charge in [0, 0.05) is 10.9 Å². The molecule has 0 aliphatic carbocycles. The first-order valence-corrected chi connectivity index (χ1v) is 4.81. The van der Waals surface area contributed by atoms with Gasteiger partial charge >= 0.3 is 5.63 Å². The van der Waals surface area contributed by atoms with Crippen molar-refractivity contribution in [3.05, 3.63) is 34.4 Å². The quantitative estimate of drug-likeness (QED) is 0.777. The van der Waals surface area contributed by atoms with Crippen LogP contribution in [0.3, 0.4) is 0 Å². The van der Waals surface area contributed by atoms with Crippen molar-refractivity contribution in [3.63, 3.8) is 0 Å². The number of hydrogen-bond donors (Lipinski definition) is 0. The lowest BCUT2D eigenvalue weighted by Crippen LogP contribution is -2.03. The SMILES string of the molecule is COc1cc2coc(=O)c(C)c2cc1OC. The van der Waals surface area contributed by atoms with E-state index in [4.69, 9.17) is 13.9 Å². The topological polar surface area (TPSA) is 48.7 Å². The Morgan fingerprint density at radius 2 is 1.75 bits per heavy atom. The highest BCUT2D eigenvalue weighted by molar-refractivity contribution is 5.87. The lowest BCUT2D eigenvalue weighted by Gasteiger charge is -2.09. The summed E-state index contributed by atoms with van der Waals surface area (Å²) in [6, 6.07) is 3.56. The van der Waals surface area contributed by atoms with Gasteiger partial charge in [-0.15, -0.1) is 0 Å². The van der Waals surface area contributed by atoms with Crippen molar-refractivity contribution in [1.29, 1.82) is 0 Å². The first-order valence-electron chi connectivity index (χ1n) is 4.81. The summed E-state index contributed by atoms with van der Waals surface area (Å²) in [6.45, 7) is 1.72. The molecule has 0 amide bonds. The van der Waals surface area contributed by atoms with Crippen LogP contribution in [0.15, 0.2) is 27.6 Å². The molecule has 2 rings (SSSR count). The number of aryl methyl sites for hydroxylation is 1. The van der Waals surface area contributed by atoms with Crippen LogP contribution in [-0.2, 0) is 0 Å². The van der Waals surface area contributed by atoms with Crippen LogP contribution >= 0.6 is 0 Å². The number of fused-ring (bicyclic) bond motifs is 1. The van der Waals surface area contributed by atoms with Gasteiger partial charge in [0.05, 0.1) is 14.2 Å². The van der Waals surface area contributed by atoms with Crippen LogP contribution in [0.25, 0.3) is 10.8 Å². The number of hydrogen-bond acceptors (Lipinski definition) is 4. The highest BCUT2D eigenvalue weighted by Gasteiger charge is 2.09. The van der Waals surface area contributed by atoms with Gasteiger partial charge in [-0.25, -0.2) is 4.79 Å². The van der Waals surface area contributed by atoms with Crippen LogP contribution in [0.2, 0.25) is 0 Å². The van der Waals surface area contributed by atoms with Gasteiger partial charge in [0.1, 0.15) is 6.26 Å². The number of ether oxygens (including phenoxy) is 2. The largest absolute Gasteiger partial charge is 0.493 e. The molecule has 84 valence electrons. The second-order valence-electron chi connectivity index (χ2n) is 3.44. The summed E-state index contributed by atoms with van der Waals surface area (Å²) in [5.41, 5.74) is 0.234. The number of rotatable bonds is 2. The summed E-state index contributed by atoms with van der Waals surface area (Å²) in [4.78, 5) is 11.3. The molecule has 0 radical (unpaired) electrons. The average Bonchev–Trinajstić information content (AvgIpc) is 2.32. The molecule has 0 bridgehead atoms. The molecular formula is C12H12O4. The van der Waals surface area contributed by atoms with Gasteiger partial charge in [-0.3, -0.25) is 0 Å². The first kappa shape index (κ1) is 10.5. The Morgan fingerprint density at radius 1 is 1.12 bits per heavy atom. The summed E-state index contributed by atoms with van der Waals surface area (Å²) in [5, 5.41) is 1.63. The lowest BCUT2D eigenvalue weighted by molar-refractivity contribution is 0.355. The van der Waals surface area contributed by atoms with E-state index in [-0.39, 0.29) is 5.63 Å². The molecule has 0 unspecified atom stereocenters. The fourth-order valence-electron chi connectivity index (χ4n) is 1.63. The van der Waals surface area contributed by atoms with E-state index in [1.165, 1.54) is 6.26 Å². The van der Waals surface area contributed by atoms with Crippen molar-refractivity contribution in [2.45, 2.75) is 6.92 Å². The molecule has 1 aromatic heterocycles. The van der Waals surface area contributed by atoms with E-state index in [0.29, 0.717) is 17.1 Å². The number of benzene rings is 1. The highest BCUT2D eigenvalue weighted by atomic mass is 16.5. The molecule has 0 aliphatic rings. The molecule has 0 spiro atoms. The van der Waals surface area contributed by atoms with Crippen LogP contribution < -0.4 is 15.1 Å². The Kier molecular flexibility index (Phi) is 2.56. The Hall–Kier alpha value is -1.97. The maximum absolute atomic E-state index is 11.3. The molecule has 0 N–H and O–H groups in total. The average molecular weight is 220 g/mol. The minimum atomic E-state index is -0.334. The predicted molar refractivity (Wildman–Crippen MR) is 60.3 cm³/mol. The van der Waals surface area contributed by atoms with Crippen molar-refractivity contribution >= 4 is 10.8 Å². The lowest BCUT2D eigenvalue weighted by atomic mass is 10.1. The van der Waals surface area contributed by atoms with Crippen molar-refractivity contribution < 1.29 is 13.9 Å². The zero-order valence-corrected chi connectivity index (χ0v) is 9.37. The van der Waals surface area contributed by atoms with E-state index in [9.17, 15) is 4.79 Å². The zero-order valence-electron chi connectivity index (χ0n) is 9.37. The molecule has 1 aromatic carbocycles. The van der Waals surface area contributed by atoms with Gasteiger partial charge < -0.3 is 13.9 Å². The maximum Gasteiger partial charge on any atom is 0.339 e. The van der Waals surface area contributed by atoms with Crippen LogP contribution in [0.5, 0.6) is 11.5 Å². The molecule has 0 saturated heterocycles. The van der Waals surface area contributed by atoms with Crippen molar-refractivity contribution in [2.24, 2.45) is 0 Å². The van der Waals surface area contributed by atoms with Gasteiger partial charge in [-0.1, -0.05) is 0 Å². The zero-order chi connectivity index (χ0) is 11.7. The summed E-state index contributed by atoms with van der Waals surface area (Å²) in [7, 11) is 3.13. The molecule has 0 fully saturated rings. The van der Waals surface area contributed by atoms with Gasteiger partial charge in [0.15, 0.2) is 11.5 Å². The van der Waals surface area contributed by atoms with E-state index in [1.807, 2.05) is 0 Å². The Labute approximate surface area is 92.4 Å².